The predicted molar refractivity (Wildman–Crippen MR) is 67.2 cm³/mol. The smallest absolute Gasteiger partial charge is 0.00672 e. The van der Waals surface area contributed by atoms with Crippen molar-refractivity contribution in [3.63, 3.8) is 0 Å². The van der Waals surface area contributed by atoms with Crippen LogP contribution in [0, 0.1) is 20.8 Å². The molecule has 1 saturated heterocycles. The first-order chi connectivity index (χ1) is 6.68. The Kier molecular flexibility index (Phi) is 5.10. The first-order valence-electron chi connectivity index (χ1n) is 5.31. The predicted octanol–water partition coefficient (Wildman–Crippen LogP) is 4.13. The lowest BCUT2D eigenvalue weighted by Crippen LogP contribution is -1.78. The van der Waals surface area contributed by atoms with Gasteiger partial charge in [-0.15, -0.1) is 0 Å². The Morgan fingerprint density at radius 1 is 0.786 bits per heavy atom. The fourth-order valence-electron chi connectivity index (χ4n) is 1.71. The summed E-state index contributed by atoms with van der Waals surface area (Å²) in [6.45, 7) is 6.38. The average molecular weight is 208 g/mol. The van der Waals surface area contributed by atoms with Crippen molar-refractivity contribution < 1.29 is 0 Å². The Bertz CT molecular complexity index is 216. The summed E-state index contributed by atoms with van der Waals surface area (Å²) in [6.07, 6.45) is 2.93. The third kappa shape index (κ3) is 4.71. The molecule has 0 spiro atoms. The van der Waals surface area contributed by atoms with Crippen molar-refractivity contribution in [2.75, 3.05) is 11.5 Å². The van der Waals surface area contributed by atoms with Crippen LogP contribution in [0.1, 0.15) is 29.5 Å². The monoisotopic (exact) mass is 208 g/mol. The van der Waals surface area contributed by atoms with Crippen molar-refractivity contribution in [1.29, 1.82) is 0 Å². The molecule has 1 heteroatoms. The van der Waals surface area contributed by atoms with Crippen molar-refractivity contribution in [2.45, 2.75) is 33.6 Å². The Balaban J connectivity index is 0.000000165. The van der Waals surface area contributed by atoms with Gasteiger partial charge in [0.15, 0.2) is 0 Å². The summed E-state index contributed by atoms with van der Waals surface area (Å²) in [4.78, 5) is 0. The average Bonchev–Trinajstić information content (AvgIpc) is 2.56. The summed E-state index contributed by atoms with van der Waals surface area (Å²) in [5, 5.41) is 0. The van der Waals surface area contributed by atoms with Gasteiger partial charge < -0.3 is 0 Å². The summed E-state index contributed by atoms with van der Waals surface area (Å²) < 4.78 is 0. The number of rotatable bonds is 0. The molecule has 0 nitrogen and oxygen atoms in total. The van der Waals surface area contributed by atoms with Gasteiger partial charge in [-0.25, -0.2) is 0 Å². The Labute approximate surface area is 92.1 Å². The van der Waals surface area contributed by atoms with Gasteiger partial charge in [0.1, 0.15) is 0 Å². The minimum Gasteiger partial charge on any atom is -0.162 e. The maximum absolute atomic E-state index is 2.19. The van der Waals surface area contributed by atoms with Crippen LogP contribution in [0.25, 0.3) is 0 Å². The summed E-state index contributed by atoms with van der Waals surface area (Å²) in [5.74, 6) is 2.83. The van der Waals surface area contributed by atoms with Gasteiger partial charge in [-0.2, -0.15) is 11.8 Å². The Morgan fingerprint density at radius 2 is 1.14 bits per heavy atom. The highest BCUT2D eigenvalue weighted by molar-refractivity contribution is 7.99. The third-order valence-corrected chi connectivity index (χ3v) is 3.35. The van der Waals surface area contributed by atoms with Crippen molar-refractivity contribution in [3.8, 4) is 0 Å². The number of aryl methyl sites for hydroxylation is 3. The van der Waals surface area contributed by atoms with Crippen LogP contribution < -0.4 is 0 Å². The molecule has 1 aromatic rings. The van der Waals surface area contributed by atoms with E-state index in [4.69, 9.17) is 0 Å². The Morgan fingerprint density at radius 3 is 1.36 bits per heavy atom. The van der Waals surface area contributed by atoms with Gasteiger partial charge in [0.25, 0.3) is 0 Å². The molecule has 0 amide bonds. The lowest BCUT2D eigenvalue weighted by Gasteiger charge is -1.96. The van der Waals surface area contributed by atoms with E-state index in [9.17, 15) is 0 Å². The van der Waals surface area contributed by atoms with Crippen LogP contribution in [-0.2, 0) is 0 Å². The molecule has 1 aliphatic rings. The molecule has 1 heterocycles. The van der Waals surface area contributed by atoms with Crippen LogP contribution in [0.15, 0.2) is 18.2 Å². The SMILES string of the molecule is C1CCSC1.Cc1cc(C)cc(C)c1. The summed E-state index contributed by atoms with van der Waals surface area (Å²) >= 11 is 2.07. The molecule has 0 atom stereocenters. The first-order valence-corrected chi connectivity index (χ1v) is 6.46. The first kappa shape index (κ1) is 11.6. The summed E-state index contributed by atoms with van der Waals surface area (Å²) in [7, 11) is 0. The molecular weight excluding hydrogens is 188 g/mol. The Hall–Kier alpha value is -0.430. The normalized spacial score (nSPS) is 14.8. The van der Waals surface area contributed by atoms with Crippen molar-refractivity contribution in [2.24, 2.45) is 0 Å². The largest absolute Gasteiger partial charge is 0.162 e. The minimum absolute atomic E-state index is 1.35. The molecule has 0 bridgehead atoms. The minimum atomic E-state index is 1.35. The zero-order valence-corrected chi connectivity index (χ0v) is 10.3. The van der Waals surface area contributed by atoms with E-state index < -0.39 is 0 Å². The second kappa shape index (κ2) is 6.13. The maximum Gasteiger partial charge on any atom is -0.00672 e. The topological polar surface area (TPSA) is 0 Å². The van der Waals surface area contributed by atoms with E-state index >= 15 is 0 Å². The van der Waals surface area contributed by atoms with Gasteiger partial charge in [0.2, 0.25) is 0 Å². The molecular formula is C13H20S. The van der Waals surface area contributed by atoms with Crippen LogP contribution >= 0.6 is 11.8 Å². The quantitative estimate of drug-likeness (QED) is 0.618. The van der Waals surface area contributed by atoms with Crippen LogP contribution in [0.5, 0.6) is 0 Å². The lowest BCUT2D eigenvalue weighted by atomic mass is 10.1. The van der Waals surface area contributed by atoms with E-state index in [1.165, 1.54) is 41.0 Å². The molecule has 0 radical (unpaired) electrons. The van der Waals surface area contributed by atoms with Gasteiger partial charge in [0.05, 0.1) is 0 Å². The second-order valence-corrected chi connectivity index (χ2v) is 5.21. The van der Waals surface area contributed by atoms with Crippen LogP contribution in [0.4, 0.5) is 0 Å². The van der Waals surface area contributed by atoms with Crippen molar-refractivity contribution >= 4 is 11.8 Å². The fourth-order valence-corrected chi connectivity index (χ4v) is 2.73. The number of thioether (sulfide) groups is 1. The zero-order chi connectivity index (χ0) is 10.4. The second-order valence-electron chi connectivity index (χ2n) is 3.98. The molecule has 2 rings (SSSR count). The number of benzene rings is 1. The number of hydrogen-bond donors (Lipinski definition) is 0. The highest BCUT2D eigenvalue weighted by Crippen LogP contribution is 2.14. The van der Waals surface area contributed by atoms with E-state index in [0.29, 0.717) is 0 Å². The zero-order valence-electron chi connectivity index (χ0n) is 9.47. The van der Waals surface area contributed by atoms with Crippen molar-refractivity contribution in [3.05, 3.63) is 34.9 Å². The molecule has 0 aliphatic carbocycles. The van der Waals surface area contributed by atoms with E-state index in [1.54, 1.807) is 0 Å². The van der Waals surface area contributed by atoms with Gasteiger partial charge in [-0.05, 0) is 45.1 Å². The van der Waals surface area contributed by atoms with Gasteiger partial charge >= 0.3 is 0 Å². The highest BCUT2D eigenvalue weighted by atomic mass is 32.2. The van der Waals surface area contributed by atoms with Gasteiger partial charge in [-0.3, -0.25) is 0 Å². The molecule has 0 saturated carbocycles. The molecule has 1 aromatic carbocycles. The molecule has 0 N–H and O–H groups in total. The third-order valence-electron chi connectivity index (χ3n) is 2.19. The van der Waals surface area contributed by atoms with E-state index in [0.717, 1.165) is 0 Å². The highest BCUT2D eigenvalue weighted by Gasteiger charge is 1.95. The summed E-state index contributed by atoms with van der Waals surface area (Å²) in [6, 6.07) is 6.56. The fraction of sp³-hybridized carbons (Fsp3) is 0.538. The van der Waals surface area contributed by atoms with E-state index in [-0.39, 0.29) is 0 Å². The van der Waals surface area contributed by atoms with Gasteiger partial charge in [-0.1, -0.05) is 34.9 Å². The van der Waals surface area contributed by atoms with Crippen LogP contribution in [0.2, 0.25) is 0 Å². The summed E-state index contributed by atoms with van der Waals surface area (Å²) in [5.41, 5.74) is 4.06. The number of hydrogen-bond acceptors (Lipinski definition) is 1. The van der Waals surface area contributed by atoms with Crippen molar-refractivity contribution in [1.82, 2.24) is 0 Å². The molecule has 0 unspecified atom stereocenters. The lowest BCUT2D eigenvalue weighted by molar-refractivity contribution is 0.949. The molecule has 14 heavy (non-hydrogen) atoms. The molecule has 1 fully saturated rings. The van der Waals surface area contributed by atoms with Crippen LogP contribution in [0.3, 0.4) is 0 Å². The molecule has 1 aliphatic heterocycles. The molecule has 0 aromatic heterocycles. The standard InChI is InChI=1S/C9H12.C4H8S/c1-7-4-8(2)6-9(3)5-7;1-2-4-5-3-1/h4-6H,1-3H3;1-4H2. The van der Waals surface area contributed by atoms with E-state index in [1.807, 2.05) is 0 Å². The van der Waals surface area contributed by atoms with Crippen LogP contribution in [-0.4, -0.2) is 11.5 Å². The van der Waals surface area contributed by atoms with Gasteiger partial charge in [0, 0.05) is 0 Å². The maximum atomic E-state index is 2.19. The molecule has 78 valence electrons. The van der Waals surface area contributed by atoms with E-state index in [2.05, 4.69) is 50.7 Å².